The summed E-state index contributed by atoms with van der Waals surface area (Å²) in [5.41, 5.74) is 0.574. The number of benzene rings is 1. The third kappa shape index (κ3) is 5.77. The van der Waals surface area contributed by atoms with Crippen LogP contribution >= 0.6 is 0 Å². The molecule has 0 unspecified atom stereocenters. The van der Waals surface area contributed by atoms with Crippen LogP contribution in [0.5, 0.6) is 0 Å². The van der Waals surface area contributed by atoms with Crippen molar-refractivity contribution in [3.8, 4) is 0 Å². The minimum Gasteiger partial charge on any atom is -0.335 e. The van der Waals surface area contributed by atoms with Gasteiger partial charge in [-0.05, 0) is 44.9 Å². The summed E-state index contributed by atoms with van der Waals surface area (Å²) >= 11 is 0. The van der Waals surface area contributed by atoms with Crippen LogP contribution in [0.4, 0.5) is 13.6 Å². The number of rotatable bonds is 5. The molecule has 1 saturated carbocycles. The standard InChI is InChI=1S/C18H25F2N3O2/c1-11(13-8-9-15(19)16(20)10-13)21-12(2)17(24)23-18(25)22-14-6-4-3-5-7-14/h8-12,14,21H,3-7H2,1-2H3,(H2,22,23,24,25)/p+1/t11-,12-/m0/s1. The van der Waals surface area contributed by atoms with Crippen molar-refractivity contribution in [1.29, 1.82) is 0 Å². The fraction of sp³-hybridized carbons (Fsp3) is 0.556. The van der Waals surface area contributed by atoms with E-state index in [-0.39, 0.29) is 12.1 Å². The highest BCUT2D eigenvalue weighted by Crippen LogP contribution is 2.17. The fourth-order valence-electron chi connectivity index (χ4n) is 3.12. The van der Waals surface area contributed by atoms with Gasteiger partial charge in [-0.2, -0.15) is 0 Å². The monoisotopic (exact) mass is 354 g/mol. The minimum atomic E-state index is -0.915. The molecule has 4 N–H and O–H groups in total. The Bertz CT molecular complexity index is 618. The molecule has 1 aromatic rings. The highest BCUT2D eigenvalue weighted by molar-refractivity contribution is 5.96. The summed E-state index contributed by atoms with van der Waals surface area (Å²) in [7, 11) is 0. The Morgan fingerprint density at radius 2 is 1.80 bits per heavy atom. The van der Waals surface area contributed by atoms with Gasteiger partial charge >= 0.3 is 6.03 Å². The van der Waals surface area contributed by atoms with Crippen molar-refractivity contribution in [3.63, 3.8) is 0 Å². The van der Waals surface area contributed by atoms with Crippen molar-refractivity contribution >= 4 is 11.9 Å². The predicted molar refractivity (Wildman–Crippen MR) is 89.7 cm³/mol. The van der Waals surface area contributed by atoms with E-state index in [9.17, 15) is 18.4 Å². The zero-order chi connectivity index (χ0) is 18.4. The summed E-state index contributed by atoms with van der Waals surface area (Å²) in [5, 5.41) is 6.88. The van der Waals surface area contributed by atoms with Crippen molar-refractivity contribution < 1.29 is 23.7 Å². The number of amides is 3. The van der Waals surface area contributed by atoms with E-state index in [2.05, 4.69) is 10.6 Å². The van der Waals surface area contributed by atoms with Crippen LogP contribution < -0.4 is 16.0 Å². The molecule has 0 aromatic heterocycles. The first-order valence-corrected chi connectivity index (χ1v) is 8.78. The molecule has 0 saturated heterocycles. The van der Waals surface area contributed by atoms with Gasteiger partial charge in [0.05, 0.1) is 0 Å². The maximum absolute atomic E-state index is 13.3. The average Bonchev–Trinajstić information content (AvgIpc) is 2.57. The number of imide groups is 1. The Labute approximate surface area is 146 Å². The second kappa shape index (κ2) is 8.89. The van der Waals surface area contributed by atoms with E-state index in [0.717, 1.165) is 37.8 Å². The molecule has 0 aliphatic heterocycles. The normalized spacial score (nSPS) is 17.6. The van der Waals surface area contributed by atoms with Crippen LogP contribution in [-0.4, -0.2) is 24.0 Å². The molecule has 25 heavy (non-hydrogen) atoms. The molecule has 1 aliphatic rings. The van der Waals surface area contributed by atoms with Crippen LogP contribution in [0.15, 0.2) is 18.2 Å². The second-order valence-corrected chi connectivity index (χ2v) is 6.74. The SMILES string of the molecule is C[C@H]([NH2+][C@@H](C)c1ccc(F)c(F)c1)C(=O)NC(=O)NC1CCCCC1. The number of quaternary nitrogens is 1. The van der Waals surface area contributed by atoms with Gasteiger partial charge in [0, 0.05) is 11.6 Å². The van der Waals surface area contributed by atoms with Gasteiger partial charge in [0.2, 0.25) is 0 Å². The van der Waals surface area contributed by atoms with Crippen molar-refractivity contribution in [1.82, 2.24) is 10.6 Å². The van der Waals surface area contributed by atoms with E-state index < -0.39 is 29.6 Å². The molecule has 2 rings (SSSR count). The highest BCUT2D eigenvalue weighted by Gasteiger charge is 2.24. The summed E-state index contributed by atoms with van der Waals surface area (Å²) in [6.45, 7) is 3.46. The Balaban J connectivity index is 1.82. The Kier molecular flexibility index (Phi) is 6.87. The van der Waals surface area contributed by atoms with Gasteiger partial charge < -0.3 is 10.6 Å². The smallest absolute Gasteiger partial charge is 0.321 e. The largest absolute Gasteiger partial charge is 0.335 e. The number of carbonyl (C=O) groups excluding carboxylic acids is 2. The third-order valence-corrected chi connectivity index (χ3v) is 4.64. The van der Waals surface area contributed by atoms with Gasteiger partial charge in [-0.1, -0.05) is 19.3 Å². The minimum absolute atomic E-state index is 0.127. The maximum atomic E-state index is 13.3. The quantitative estimate of drug-likeness (QED) is 0.758. The number of carbonyl (C=O) groups is 2. The number of halogens is 2. The molecular formula is C18H26F2N3O2+. The molecule has 5 nitrogen and oxygen atoms in total. The van der Waals surface area contributed by atoms with E-state index in [1.54, 1.807) is 19.2 Å². The van der Waals surface area contributed by atoms with E-state index in [0.29, 0.717) is 5.56 Å². The molecule has 3 amide bonds. The lowest BCUT2D eigenvalue weighted by Gasteiger charge is -2.23. The summed E-state index contributed by atoms with van der Waals surface area (Å²) in [4.78, 5) is 24.1. The molecule has 0 heterocycles. The zero-order valence-electron chi connectivity index (χ0n) is 14.6. The first kappa shape index (κ1) is 19.3. The topological polar surface area (TPSA) is 74.8 Å². The Morgan fingerprint density at radius 1 is 1.12 bits per heavy atom. The molecule has 1 aliphatic carbocycles. The molecule has 1 aromatic carbocycles. The first-order valence-electron chi connectivity index (χ1n) is 8.78. The lowest BCUT2D eigenvalue weighted by molar-refractivity contribution is -0.710. The zero-order valence-corrected chi connectivity index (χ0v) is 14.6. The molecule has 0 spiro atoms. The molecule has 7 heteroatoms. The van der Waals surface area contributed by atoms with Gasteiger partial charge in [0.25, 0.3) is 5.91 Å². The summed E-state index contributed by atoms with van der Waals surface area (Å²) in [6, 6.07) is 2.53. The van der Waals surface area contributed by atoms with Crippen LogP contribution in [0.25, 0.3) is 0 Å². The Morgan fingerprint density at radius 3 is 2.44 bits per heavy atom. The van der Waals surface area contributed by atoms with E-state index in [1.807, 2.05) is 0 Å². The maximum Gasteiger partial charge on any atom is 0.321 e. The van der Waals surface area contributed by atoms with Crippen molar-refractivity contribution in [2.24, 2.45) is 0 Å². The molecular weight excluding hydrogens is 328 g/mol. The van der Waals surface area contributed by atoms with Gasteiger partial charge in [-0.15, -0.1) is 0 Å². The van der Waals surface area contributed by atoms with Gasteiger partial charge in [0.15, 0.2) is 17.7 Å². The molecule has 1 fully saturated rings. The van der Waals surface area contributed by atoms with Crippen LogP contribution in [0.3, 0.4) is 0 Å². The molecule has 0 radical (unpaired) electrons. The van der Waals surface area contributed by atoms with E-state index >= 15 is 0 Å². The third-order valence-electron chi connectivity index (χ3n) is 4.64. The first-order chi connectivity index (χ1) is 11.9. The average molecular weight is 354 g/mol. The summed E-state index contributed by atoms with van der Waals surface area (Å²) in [6.07, 6.45) is 5.25. The van der Waals surface area contributed by atoms with Crippen LogP contribution in [0, 0.1) is 11.6 Å². The van der Waals surface area contributed by atoms with E-state index in [1.165, 1.54) is 12.5 Å². The van der Waals surface area contributed by atoms with Crippen molar-refractivity contribution in [2.75, 3.05) is 0 Å². The van der Waals surface area contributed by atoms with E-state index in [4.69, 9.17) is 0 Å². The molecule has 138 valence electrons. The highest BCUT2D eigenvalue weighted by atomic mass is 19.2. The summed E-state index contributed by atoms with van der Waals surface area (Å²) in [5.74, 6) is -2.23. The lowest BCUT2D eigenvalue weighted by Crippen LogP contribution is -2.92. The van der Waals surface area contributed by atoms with Crippen LogP contribution in [-0.2, 0) is 4.79 Å². The van der Waals surface area contributed by atoms with Gasteiger partial charge in [0.1, 0.15) is 6.04 Å². The van der Waals surface area contributed by atoms with Crippen LogP contribution in [0.1, 0.15) is 57.6 Å². The molecule has 2 atom stereocenters. The number of nitrogens with one attached hydrogen (secondary N) is 2. The van der Waals surface area contributed by atoms with Crippen molar-refractivity contribution in [2.45, 2.75) is 64.1 Å². The number of urea groups is 1. The van der Waals surface area contributed by atoms with Gasteiger partial charge in [-0.25, -0.2) is 13.6 Å². The number of hydrogen-bond acceptors (Lipinski definition) is 2. The number of hydrogen-bond donors (Lipinski definition) is 3. The summed E-state index contributed by atoms with van der Waals surface area (Å²) < 4.78 is 26.3. The second-order valence-electron chi connectivity index (χ2n) is 6.74. The lowest BCUT2D eigenvalue weighted by atomic mass is 9.96. The fourth-order valence-corrected chi connectivity index (χ4v) is 3.12. The van der Waals surface area contributed by atoms with Gasteiger partial charge in [-0.3, -0.25) is 10.1 Å². The molecule has 0 bridgehead atoms. The van der Waals surface area contributed by atoms with Crippen molar-refractivity contribution in [3.05, 3.63) is 35.4 Å². The van der Waals surface area contributed by atoms with Crippen LogP contribution in [0.2, 0.25) is 0 Å². The Hall–Kier alpha value is -2.02. The predicted octanol–water partition coefficient (Wildman–Crippen LogP) is 2.14. The number of nitrogens with two attached hydrogens (primary N) is 1.